The number of esters is 1. The van der Waals surface area contributed by atoms with Crippen molar-refractivity contribution in [1.82, 2.24) is 0 Å². The lowest BCUT2D eigenvalue weighted by molar-refractivity contribution is -0.152. The molecule has 0 aromatic rings. The molecule has 27 heavy (non-hydrogen) atoms. The van der Waals surface area contributed by atoms with E-state index in [4.69, 9.17) is 14.4 Å². The Bertz CT molecular complexity index is 516. The van der Waals surface area contributed by atoms with Crippen LogP contribution in [0.5, 0.6) is 0 Å². The van der Waals surface area contributed by atoms with E-state index >= 15 is 0 Å². The molecule has 0 aliphatic carbocycles. The smallest absolute Gasteiger partial charge is 0.327 e. The molecule has 0 amide bonds. The predicted molar refractivity (Wildman–Crippen MR) is 104 cm³/mol. The van der Waals surface area contributed by atoms with Gasteiger partial charge >= 0.3 is 11.9 Å². The topological polar surface area (TPSA) is 118 Å². The molecule has 0 bridgehead atoms. The highest BCUT2D eigenvalue weighted by Gasteiger charge is 2.36. The van der Waals surface area contributed by atoms with Gasteiger partial charge in [0.25, 0.3) is 10.1 Å². The predicted octanol–water partition coefficient (Wildman–Crippen LogP) is 4.35. The van der Waals surface area contributed by atoms with Crippen molar-refractivity contribution in [2.75, 3.05) is 0 Å². The summed E-state index contributed by atoms with van der Waals surface area (Å²) in [5.74, 6) is -2.66. The number of hydrogen-bond acceptors (Lipinski definition) is 5. The number of unbranched alkanes of at least 4 members (excludes halogenated alkanes) is 8. The monoisotopic (exact) mass is 408 g/mol. The average molecular weight is 409 g/mol. The Balaban J connectivity index is 4.62. The number of ether oxygens (including phenoxy) is 1. The van der Waals surface area contributed by atoms with Gasteiger partial charge in [0.15, 0.2) is 5.25 Å². The van der Waals surface area contributed by atoms with Crippen LogP contribution in [0.2, 0.25) is 0 Å². The van der Waals surface area contributed by atoms with Gasteiger partial charge in [0.1, 0.15) is 6.10 Å². The van der Waals surface area contributed by atoms with E-state index in [0.29, 0.717) is 12.8 Å². The Hall–Kier alpha value is -1.15. The van der Waals surface area contributed by atoms with Crippen molar-refractivity contribution in [2.24, 2.45) is 0 Å². The van der Waals surface area contributed by atoms with Crippen molar-refractivity contribution in [2.45, 2.75) is 109 Å². The van der Waals surface area contributed by atoms with Gasteiger partial charge in [-0.1, -0.05) is 65.2 Å². The maximum absolute atomic E-state index is 12.2. The van der Waals surface area contributed by atoms with Gasteiger partial charge in [0.05, 0.1) is 6.42 Å². The molecule has 2 unspecified atom stereocenters. The Morgan fingerprint density at radius 2 is 1.30 bits per heavy atom. The van der Waals surface area contributed by atoms with Gasteiger partial charge < -0.3 is 9.84 Å². The Morgan fingerprint density at radius 1 is 0.852 bits per heavy atom. The van der Waals surface area contributed by atoms with Gasteiger partial charge in [-0.05, 0) is 25.7 Å². The van der Waals surface area contributed by atoms with Crippen molar-refractivity contribution < 1.29 is 32.4 Å². The second-order valence-corrected chi connectivity index (χ2v) is 8.67. The second kappa shape index (κ2) is 14.9. The zero-order chi connectivity index (χ0) is 20.7. The fourth-order valence-corrected chi connectivity index (χ4v) is 3.57. The summed E-state index contributed by atoms with van der Waals surface area (Å²) >= 11 is 0. The fourth-order valence-electron chi connectivity index (χ4n) is 2.92. The third-order valence-electron chi connectivity index (χ3n) is 4.52. The Labute approximate surface area is 163 Å². The summed E-state index contributed by atoms with van der Waals surface area (Å²) in [5, 5.41) is 6.71. The molecule has 0 saturated carbocycles. The van der Waals surface area contributed by atoms with Gasteiger partial charge in [-0.3, -0.25) is 14.1 Å². The van der Waals surface area contributed by atoms with Crippen LogP contribution >= 0.6 is 0 Å². The first-order chi connectivity index (χ1) is 12.7. The highest BCUT2D eigenvalue weighted by atomic mass is 32.2. The van der Waals surface area contributed by atoms with Crippen LogP contribution in [0.25, 0.3) is 0 Å². The zero-order valence-corrected chi connectivity index (χ0v) is 17.5. The number of hydrogen-bond donors (Lipinski definition) is 2. The first-order valence-corrected chi connectivity index (χ1v) is 11.6. The molecular weight excluding hydrogens is 372 g/mol. The molecule has 0 aliphatic rings. The molecule has 0 aliphatic heterocycles. The molecule has 0 rings (SSSR count). The maximum atomic E-state index is 12.2. The normalized spacial score (nSPS) is 13.9. The van der Waals surface area contributed by atoms with E-state index in [0.717, 1.165) is 38.5 Å². The lowest BCUT2D eigenvalue weighted by Crippen LogP contribution is -2.36. The highest BCUT2D eigenvalue weighted by Crippen LogP contribution is 2.18. The molecular formula is C19H36O7S. The summed E-state index contributed by atoms with van der Waals surface area (Å²) < 4.78 is 37.1. The minimum Gasteiger partial charge on any atom is -0.481 e. The molecule has 0 saturated heterocycles. The molecule has 7 nitrogen and oxygen atoms in total. The minimum atomic E-state index is -4.82. The Kier molecular flexibility index (Phi) is 14.2. The van der Waals surface area contributed by atoms with E-state index in [-0.39, 0.29) is 0 Å². The van der Waals surface area contributed by atoms with E-state index in [9.17, 15) is 18.0 Å². The summed E-state index contributed by atoms with van der Waals surface area (Å²) in [4.78, 5) is 22.9. The maximum Gasteiger partial charge on any atom is 0.327 e. The number of carbonyl (C=O) groups excluding carboxylic acids is 1. The SMILES string of the molecule is CCCCCCCCCC(CCCCC)OC(=O)C(CC(=O)O)S(=O)(=O)O. The van der Waals surface area contributed by atoms with E-state index in [1.54, 1.807) is 0 Å². The first kappa shape index (κ1) is 25.9. The molecule has 2 N–H and O–H groups in total. The summed E-state index contributed by atoms with van der Waals surface area (Å²) in [6.07, 6.45) is 10.4. The molecule has 160 valence electrons. The van der Waals surface area contributed by atoms with Crippen LogP contribution in [0.15, 0.2) is 0 Å². The third-order valence-corrected chi connectivity index (χ3v) is 5.60. The molecule has 8 heteroatoms. The van der Waals surface area contributed by atoms with E-state index in [1.165, 1.54) is 25.7 Å². The number of carbonyl (C=O) groups is 2. The van der Waals surface area contributed by atoms with E-state index in [1.807, 2.05) is 0 Å². The molecule has 2 atom stereocenters. The molecule has 0 fully saturated rings. The Morgan fingerprint density at radius 3 is 1.78 bits per heavy atom. The van der Waals surface area contributed by atoms with Crippen LogP contribution in [0.4, 0.5) is 0 Å². The summed E-state index contributed by atoms with van der Waals surface area (Å²) in [5.41, 5.74) is 0. The van der Waals surface area contributed by atoms with E-state index in [2.05, 4.69) is 13.8 Å². The lowest BCUT2D eigenvalue weighted by Gasteiger charge is -2.20. The standard InChI is InChI=1S/C19H36O7S/c1-3-5-7-8-9-10-12-14-16(13-11-6-4-2)26-19(22)17(15-18(20)21)27(23,24)25/h16-17H,3-15H2,1-2H3,(H,20,21)(H,23,24,25). The van der Waals surface area contributed by atoms with Crippen molar-refractivity contribution in [3.63, 3.8) is 0 Å². The van der Waals surface area contributed by atoms with Crippen LogP contribution in [-0.2, 0) is 24.4 Å². The molecule has 0 aromatic carbocycles. The van der Waals surface area contributed by atoms with Crippen molar-refractivity contribution in [3.05, 3.63) is 0 Å². The number of carboxylic acid groups (broad SMARTS) is 1. The summed E-state index contributed by atoms with van der Waals surface area (Å²) in [7, 11) is -4.82. The van der Waals surface area contributed by atoms with E-state index < -0.39 is 39.8 Å². The van der Waals surface area contributed by atoms with Crippen LogP contribution in [0.3, 0.4) is 0 Å². The summed E-state index contributed by atoms with van der Waals surface area (Å²) in [6, 6.07) is 0. The molecule has 0 heterocycles. The largest absolute Gasteiger partial charge is 0.481 e. The van der Waals surface area contributed by atoms with Crippen molar-refractivity contribution >= 4 is 22.1 Å². The van der Waals surface area contributed by atoms with Crippen LogP contribution in [0, 0.1) is 0 Å². The number of aliphatic carboxylic acids is 1. The second-order valence-electron chi connectivity index (χ2n) is 7.07. The third kappa shape index (κ3) is 13.6. The number of rotatable bonds is 17. The van der Waals surface area contributed by atoms with Crippen LogP contribution in [-0.4, -0.2) is 41.4 Å². The molecule has 0 radical (unpaired) electrons. The van der Waals surface area contributed by atoms with Crippen LogP contribution < -0.4 is 0 Å². The average Bonchev–Trinajstić information content (AvgIpc) is 2.57. The minimum absolute atomic E-state index is 0.447. The zero-order valence-electron chi connectivity index (χ0n) is 16.7. The van der Waals surface area contributed by atoms with Crippen LogP contribution in [0.1, 0.15) is 97.3 Å². The van der Waals surface area contributed by atoms with Crippen molar-refractivity contribution in [1.29, 1.82) is 0 Å². The molecule has 0 spiro atoms. The lowest BCUT2D eigenvalue weighted by atomic mass is 10.0. The van der Waals surface area contributed by atoms with Gasteiger partial charge in [-0.2, -0.15) is 8.42 Å². The summed E-state index contributed by atoms with van der Waals surface area (Å²) in [6.45, 7) is 4.22. The quantitative estimate of drug-likeness (QED) is 0.209. The van der Waals surface area contributed by atoms with Gasteiger partial charge in [0.2, 0.25) is 0 Å². The fraction of sp³-hybridized carbons (Fsp3) is 0.895. The van der Waals surface area contributed by atoms with Crippen molar-refractivity contribution in [3.8, 4) is 0 Å². The van der Waals surface area contributed by atoms with Gasteiger partial charge in [-0.25, -0.2) is 0 Å². The van der Waals surface area contributed by atoms with Gasteiger partial charge in [-0.15, -0.1) is 0 Å². The molecule has 0 aromatic heterocycles. The van der Waals surface area contributed by atoms with Gasteiger partial charge in [0, 0.05) is 0 Å². The number of carboxylic acids is 1. The highest BCUT2D eigenvalue weighted by molar-refractivity contribution is 7.87. The first-order valence-electron chi connectivity index (χ1n) is 10.1.